The van der Waals surface area contributed by atoms with Gasteiger partial charge in [0.2, 0.25) is 27.6 Å². The Morgan fingerprint density at radius 1 is 1.00 bits per heavy atom. The number of nitrogens with zero attached hydrogens (tertiary/aromatic N) is 3. The predicted molar refractivity (Wildman–Crippen MR) is 110 cm³/mol. The standard InChI is InChI=1S/C21H22N4O4S/c22-20(26)16-6-8-17(9-7-16)21-23-19(29-24-21)14-15-4-10-18(11-5-15)30(27,28)25-12-2-1-3-13-25/h4-11H,1-3,12-14H2,(H2,22,26). The molecule has 2 N–H and O–H groups in total. The van der Waals surface area contributed by atoms with Crippen LogP contribution in [0.15, 0.2) is 57.9 Å². The summed E-state index contributed by atoms with van der Waals surface area (Å²) in [5, 5.41) is 3.97. The number of rotatable bonds is 6. The van der Waals surface area contributed by atoms with Crippen LogP contribution in [0.5, 0.6) is 0 Å². The van der Waals surface area contributed by atoms with Gasteiger partial charge in [0, 0.05) is 24.2 Å². The molecule has 1 amide bonds. The Morgan fingerprint density at radius 2 is 1.67 bits per heavy atom. The summed E-state index contributed by atoms with van der Waals surface area (Å²) in [7, 11) is -3.44. The molecular weight excluding hydrogens is 404 g/mol. The predicted octanol–water partition coefficient (Wildman–Crippen LogP) is 2.60. The first-order chi connectivity index (χ1) is 14.4. The van der Waals surface area contributed by atoms with Gasteiger partial charge in [0.25, 0.3) is 0 Å². The van der Waals surface area contributed by atoms with E-state index in [9.17, 15) is 13.2 Å². The van der Waals surface area contributed by atoms with E-state index in [1.165, 1.54) is 0 Å². The van der Waals surface area contributed by atoms with Gasteiger partial charge in [0.15, 0.2) is 0 Å². The van der Waals surface area contributed by atoms with Gasteiger partial charge in [-0.15, -0.1) is 0 Å². The van der Waals surface area contributed by atoms with Crippen LogP contribution in [0.25, 0.3) is 11.4 Å². The fraction of sp³-hybridized carbons (Fsp3) is 0.286. The van der Waals surface area contributed by atoms with Crippen molar-refractivity contribution in [3.8, 4) is 11.4 Å². The molecule has 1 aromatic heterocycles. The van der Waals surface area contributed by atoms with E-state index in [2.05, 4.69) is 10.1 Å². The number of hydrogen-bond acceptors (Lipinski definition) is 6. The van der Waals surface area contributed by atoms with Gasteiger partial charge < -0.3 is 10.3 Å². The monoisotopic (exact) mass is 426 g/mol. The molecule has 0 saturated carbocycles. The summed E-state index contributed by atoms with van der Waals surface area (Å²) in [6.45, 7) is 1.16. The highest BCUT2D eigenvalue weighted by Crippen LogP contribution is 2.22. The number of benzene rings is 2. The largest absolute Gasteiger partial charge is 0.366 e. The molecule has 0 radical (unpaired) electrons. The van der Waals surface area contributed by atoms with E-state index < -0.39 is 15.9 Å². The molecule has 1 fully saturated rings. The number of primary amides is 1. The van der Waals surface area contributed by atoms with Gasteiger partial charge in [-0.3, -0.25) is 4.79 Å². The molecule has 0 spiro atoms. The van der Waals surface area contributed by atoms with Crippen LogP contribution in [0.2, 0.25) is 0 Å². The number of hydrogen-bond donors (Lipinski definition) is 1. The van der Waals surface area contributed by atoms with E-state index >= 15 is 0 Å². The zero-order valence-corrected chi connectivity index (χ0v) is 17.1. The smallest absolute Gasteiger partial charge is 0.248 e. The van der Waals surface area contributed by atoms with Crippen molar-refractivity contribution < 1.29 is 17.7 Å². The SMILES string of the molecule is NC(=O)c1ccc(-c2noc(Cc3ccc(S(=O)(=O)N4CCCCC4)cc3)n2)cc1. The number of aromatic nitrogens is 2. The number of carbonyl (C=O) groups excluding carboxylic acids is 1. The lowest BCUT2D eigenvalue weighted by molar-refractivity contribution is 0.100. The first-order valence-corrected chi connectivity index (χ1v) is 11.2. The summed E-state index contributed by atoms with van der Waals surface area (Å²) in [4.78, 5) is 15.8. The second-order valence-corrected chi connectivity index (χ2v) is 9.18. The summed E-state index contributed by atoms with van der Waals surface area (Å²) >= 11 is 0. The molecule has 0 bridgehead atoms. The van der Waals surface area contributed by atoms with Crippen LogP contribution in [0.4, 0.5) is 0 Å². The topological polar surface area (TPSA) is 119 Å². The minimum atomic E-state index is -3.44. The van der Waals surface area contributed by atoms with E-state index in [4.69, 9.17) is 10.3 Å². The van der Waals surface area contributed by atoms with Gasteiger partial charge in [-0.05, 0) is 42.7 Å². The fourth-order valence-electron chi connectivity index (χ4n) is 3.44. The van der Waals surface area contributed by atoms with Gasteiger partial charge in [0.1, 0.15) is 0 Å². The highest BCUT2D eigenvalue weighted by atomic mass is 32.2. The molecule has 0 unspecified atom stereocenters. The molecule has 1 aliphatic heterocycles. The van der Waals surface area contributed by atoms with E-state index in [-0.39, 0.29) is 0 Å². The molecule has 9 heteroatoms. The quantitative estimate of drug-likeness (QED) is 0.647. The zero-order chi connectivity index (χ0) is 21.1. The summed E-state index contributed by atoms with van der Waals surface area (Å²) in [6.07, 6.45) is 3.27. The molecule has 1 saturated heterocycles. The number of piperidine rings is 1. The molecular formula is C21H22N4O4S. The summed E-state index contributed by atoms with van der Waals surface area (Å²) in [5.74, 6) is 0.321. The molecule has 30 heavy (non-hydrogen) atoms. The van der Waals surface area contributed by atoms with E-state index in [1.807, 2.05) is 0 Å². The van der Waals surface area contributed by atoms with Crippen LogP contribution in [-0.4, -0.2) is 41.9 Å². The first-order valence-electron chi connectivity index (χ1n) is 9.75. The molecule has 4 rings (SSSR count). The Labute approximate surface area is 174 Å². The molecule has 8 nitrogen and oxygen atoms in total. The Bertz CT molecular complexity index is 1130. The Hall–Kier alpha value is -3.04. The number of sulfonamides is 1. The van der Waals surface area contributed by atoms with Crippen molar-refractivity contribution in [2.45, 2.75) is 30.6 Å². The second kappa shape index (κ2) is 8.37. The number of nitrogens with two attached hydrogens (primary N) is 1. The minimum absolute atomic E-state index is 0.300. The zero-order valence-electron chi connectivity index (χ0n) is 16.3. The molecule has 3 aromatic rings. The van der Waals surface area contributed by atoms with Crippen molar-refractivity contribution in [2.24, 2.45) is 5.73 Å². The molecule has 0 aliphatic carbocycles. The maximum absolute atomic E-state index is 12.7. The molecule has 2 aromatic carbocycles. The maximum Gasteiger partial charge on any atom is 0.248 e. The third-order valence-corrected chi connectivity index (χ3v) is 7.04. The third kappa shape index (κ3) is 4.27. The van der Waals surface area contributed by atoms with Crippen molar-refractivity contribution >= 4 is 15.9 Å². The van der Waals surface area contributed by atoms with Crippen molar-refractivity contribution in [1.29, 1.82) is 0 Å². The highest BCUT2D eigenvalue weighted by molar-refractivity contribution is 7.89. The van der Waals surface area contributed by atoms with E-state index in [0.717, 1.165) is 24.8 Å². The van der Waals surface area contributed by atoms with Crippen LogP contribution < -0.4 is 5.73 Å². The van der Waals surface area contributed by atoms with Crippen molar-refractivity contribution in [2.75, 3.05) is 13.1 Å². The summed E-state index contributed by atoms with van der Waals surface area (Å²) < 4.78 is 32.3. The normalized spacial score (nSPS) is 15.2. The summed E-state index contributed by atoms with van der Waals surface area (Å²) in [6, 6.07) is 13.4. The highest BCUT2D eigenvalue weighted by Gasteiger charge is 2.25. The third-order valence-electron chi connectivity index (χ3n) is 5.13. The second-order valence-electron chi connectivity index (χ2n) is 7.24. The lowest BCUT2D eigenvalue weighted by Crippen LogP contribution is -2.35. The van der Waals surface area contributed by atoms with Gasteiger partial charge >= 0.3 is 0 Å². The average molecular weight is 426 g/mol. The van der Waals surface area contributed by atoms with Crippen LogP contribution in [0.3, 0.4) is 0 Å². The average Bonchev–Trinajstić information content (AvgIpc) is 3.23. The van der Waals surface area contributed by atoms with Crippen LogP contribution in [0, 0.1) is 0 Å². The Morgan fingerprint density at radius 3 is 2.30 bits per heavy atom. The lowest BCUT2D eigenvalue weighted by atomic mass is 10.1. The first kappa shape index (κ1) is 20.2. The van der Waals surface area contributed by atoms with Crippen molar-refractivity contribution in [1.82, 2.24) is 14.4 Å². The molecule has 2 heterocycles. The van der Waals surface area contributed by atoms with Crippen LogP contribution >= 0.6 is 0 Å². The lowest BCUT2D eigenvalue weighted by Gasteiger charge is -2.25. The molecule has 0 atom stereocenters. The van der Waals surface area contributed by atoms with Crippen molar-refractivity contribution in [3.63, 3.8) is 0 Å². The number of carbonyl (C=O) groups is 1. The molecule has 1 aliphatic rings. The Kier molecular flexibility index (Phi) is 5.65. The summed E-state index contributed by atoms with van der Waals surface area (Å²) in [5.41, 5.74) is 7.22. The number of amides is 1. The van der Waals surface area contributed by atoms with Crippen LogP contribution in [-0.2, 0) is 16.4 Å². The van der Waals surface area contributed by atoms with Gasteiger partial charge in [-0.1, -0.05) is 35.8 Å². The van der Waals surface area contributed by atoms with Crippen LogP contribution in [0.1, 0.15) is 41.1 Å². The minimum Gasteiger partial charge on any atom is -0.366 e. The fourth-order valence-corrected chi connectivity index (χ4v) is 4.95. The van der Waals surface area contributed by atoms with Gasteiger partial charge in [-0.25, -0.2) is 8.42 Å². The maximum atomic E-state index is 12.7. The van der Waals surface area contributed by atoms with E-state index in [1.54, 1.807) is 52.8 Å². The Balaban J connectivity index is 1.46. The molecule has 156 valence electrons. The van der Waals surface area contributed by atoms with Crippen molar-refractivity contribution in [3.05, 3.63) is 65.5 Å². The van der Waals surface area contributed by atoms with Gasteiger partial charge in [0.05, 0.1) is 11.3 Å². The van der Waals surface area contributed by atoms with Gasteiger partial charge in [-0.2, -0.15) is 9.29 Å². The van der Waals surface area contributed by atoms with E-state index in [0.29, 0.717) is 47.2 Å².